The third kappa shape index (κ3) is 10.6. The van der Waals surface area contributed by atoms with E-state index in [2.05, 4.69) is 19.2 Å². The fourth-order valence-corrected chi connectivity index (χ4v) is 2.02. The first-order valence-electron chi connectivity index (χ1n) is 7.72. The second-order valence-electron chi connectivity index (χ2n) is 5.64. The molecule has 0 atom stereocenters. The van der Waals surface area contributed by atoms with Crippen LogP contribution in [0.25, 0.3) is 0 Å². The number of carboxylic acids is 1. The summed E-state index contributed by atoms with van der Waals surface area (Å²) in [6.45, 7) is 7.26. The standard InChI is InChI=1S/C15H30N2O3/c1-4-11-17(12-14(18)19)15(20)16-10-8-6-5-7-9-13(2)3/h13H,4-12H2,1-3H3,(H,16,20)(H,18,19). The number of aliphatic carboxylic acids is 1. The number of hydrogen-bond donors (Lipinski definition) is 2. The molecule has 0 aromatic carbocycles. The number of carbonyl (C=O) groups excluding carboxylic acids is 1. The number of amides is 2. The average Bonchev–Trinajstić information content (AvgIpc) is 2.36. The summed E-state index contributed by atoms with van der Waals surface area (Å²) >= 11 is 0. The zero-order chi connectivity index (χ0) is 15.4. The summed E-state index contributed by atoms with van der Waals surface area (Å²) in [7, 11) is 0. The summed E-state index contributed by atoms with van der Waals surface area (Å²) in [4.78, 5) is 23.8. The quantitative estimate of drug-likeness (QED) is 0.573. The summed E-state index contributed by atoms with van der Waals surface area (Å²) < 4.78 is 0. The number of unbranched alkanes of at least 4 members (excludes halogenated alkanes) is 3. The van der Waals surface area contributed by atoms with Gasteiger partial charge in [0, 0.05) is 13.1 Å². The Bertz CT molecular complexity index is 280. The van der Waals surface area contributed by atoms with Crippen molar-refractivity contribution in [1.82, 2.24) is 10.2 Å². The van der Waals surface area contributed by atoms with E-state index in [-0.39, 0.29) is 12.6 Å². The van der Waals surface area contributed by atoms with Crippen LogP contribution in [0.3, 0.4) is 0 Å². The Morgan fingerprint density at radius 3 is 2.35 bits per heavy atom. The van der Waals surface area contributed by atoms with E-state index >= 15 is 0 Å². The largest absolute Gasteiger partial charge is 0.480 e. The number of nitrogens with zero attached hydrogens (tertiary/aromatic N) is 1. The SMILES string of the molecule is CCCN(CC(=O)O)C(=O)NCCCCCCC(C)C. The molecule has 0 aromatic rings. The lowest BCUT2D eigenvalue weighted by atomic mass is 10.0. The molecule has 0 aromatic heterocycles. The normalized spacial score (nSPS) is 10.6. The molecule has 2 N–H and O–H groups in total. The molecule has 0 unspecified atom stereocenters. The molecule has 20 heavy (non-hydrogen) atoms. The Kier molecular flexibility index (Phi) is 10.8. The number of urea groups is 1. The molecule has 0 bridgehead atoms. The number of hydrogen-bond acceptors (Lipinski definition) is 2. The van der Waals surface area contributed by atoms with Crippen LogP contribution in [0.4, 0.5) is 4.79 Å². The molecule has 5 heteroatoms. The van der Waals surface area contributed by atoms with Crippen molar-refractivity contribution in [1.29, 1.82) is 0 Å². The molecule has 0 fully saturated rings. The summed E-state index contributed by atoms with van der Waals surface area (Å²) in [6.07, 6.45) is 6.52. The minimum Gasteiger partial charge on any atom is -0.480 e. The predicted octanol–water partition coefficient (Wildman–Crippen LogP) is 3.10. The average molecular weight is 286 g/mol. The summed E-state index contributed by atoms with van der Waals surface area (Å²) in [5.41, 5.74) is 0. The highest BCUT2D eigenvalue weighted by Crippen LogP contribution is 2.08. The van der Waals surface area contributed by atoms with Crippen LogP contribution in [0.2, 0.25) is 0 Å². The second kappa shape index (κ2) is 11.6. The highest BCUT2D eigenvalue weighted by molar-refractivity contribution is 5.80. The van der Waals surface area contributed by atoms with Gasteiger partial charge in [-0.25, -0.2) is 4.79 Å². The summed E-state index contributed by atoms with van der Waals surface area (Å²) in [5.74, 6) is -0.212. The van der Waals surface area contributed by atoms with Crippen molar-refractivity contribution in [2.45, 2.75) is 59.3 Å². The van der Waals surface area contributed by atoms with Crippen LogP contribution >= 0.6 is 0 Å². The maximum atomic E-state index is 11.8. The lowest BCUT2D eigenvalue weighted by Gasteiger charge is -2.20. The molecule has 0 aliphatic rings. The van der Waals surface area contributed by atoms with Gasteiger partial charge in [0.15, 0.2) is 0 Å². The van der Waals surface area contributed by atoms with E-state index in [1.807, 2.05) is 6.92 Å². The Morgan fingerprint density at radius 2 is 1.80 bits per heavy atom. The first-order chi connectivity index (χ1) is 9.47. The summed E-state index contributed by atoms with van der Waals surface area (Å²) in [5, 5.41) is 11.5. The third-order valence-electron chi connectivity index (χ3n) is 3.09. The van der Waals surface area contributed by atoms with E-state index in [0.717, 1.165) is 25.2 Å². The second-order valence-corrected chi connectivity index (χ2v) is 5.64. The highest BCUT2D eigenvalue weighted by Gasteiger charge is 2.14. The van der Waals surface area contributed by atoms with Crippen LogP contribution in [0.1, 0.15) is 59.3 Å². The van der Waals surface area contributed by atoms with Gasteiger partial charge in [-0.05, 0) is 18.8 Å². The van der Waals surface area contributed by atoms with Gasteiger partial charge in [0.2, 0.25) is 0 Å². The molecule has 0 aliphatic heterocycles. The maximum absolute atomic E-state index is 11.8. The first-order valence-corrected chi connectivity index (χ1v) is 7.72. The van der Waals surface area contributed by atoms with Crippen molar-refractivity contribution in [2.24, 2.45) is 5.92 Å². The van der Waals surface area contributed by atoms with Gasteiger partial charge < -0.3 is 15.3 Å². The molecular weight excluding hydrogens is 256 g/mol. The van der Waals surface area contributed by atoms with Crippen LogP contribution < -0.4 is 5.32 Å². The zero-order valence-electron chi connectivity index (χ0n) is 13.2. The van der Waals surface area contributed by atoms with Gasteiger partial charge in [-0.15, -0.1) is 0 Å². The van der Waals surface area contributed by atoms with E-state index in [1.165, 1.54) is 24.2 Å². The molecule has 0 rings (SSSR count). The third-order valence-corrected chi connectivity index (χ3v) is 3.09. The minimum atomic E-state index is -0.970. The van der Waals surface area contributed by atoms with Gasteiger partial charge >= 0.3 is 12.0 Å². The van der Waals surface area contributed by atoms with Gasteiger partial charge in [0.25, 0.3) is 0 Å². The topological polar surface area (TPSA) is 69.6 Å². The van der Waals surface area contributed by atoms with Crippen molar-refractivity contribution in [3.05, 3.63) is 0 Å². The molecule has 0 heterocycles. The maximum Gasteiger partial charge on any atom is 0.323 e. The lowest BCUT2D eigenvalue weighted by Crippen LogP contribution is -2.43. The first kappa shape index (κ1) is 18.7. The van der Waals surface area contributed by atoms with Crippen molar-refractivity contribution < 1.29 is 14.7 Å². The molecule has 0 spiro atoms. The van der Waals surface area contributed by atoms with Crippen LogP contribution in [0, 0.1) is 5.92 Å². The van der Waals surface area contributed by atoms with Crippen LogP contribution in [0.15, 0.2) is 0 Å². The van der Waals surface area contributed by atoms with Gasteiger partial charge in [-0.3, -0.25) is 4.79 Å². The predicted molar refractivity (Wildman–Crippen MR) is 80.8 cm³/mol. The molecule has 0 saturated carbocycles. The van der Waals surface area contributed by atoms with E-state index in [9.17, 15) is 9.59 Å². The van der Waals surface area contributed by atoms with Gasteiger partial charge in [-0.2, -0.15) is 0 Å². The van der Waals surface area contributed by atoms with Crippen molar-refractivity contribution in [3.63, 3.8) is 0 Å². The fraction of sp³-hybridized carbons (Fsp3) is 0.867. The van der Waals surface area contributed by atoms with E-state index in [1.54, 1.807) is 0 Å². The van der Waals surface area contributed by atoms with E-state index < -0.39 is 5.97 Å². The molecule has 0 aliphatic carbocycles. The molecule has 5 nitrogen and oxygen atoms in total. The lowest BCUT2D eigenvalue weighted by molar-refractivity contribution is -0.137. The monoisotopic (exact) mass is 286 g/mol. The molecular formula is C15H30N2O3. The highest BCUT2D eigenvalue weighted by atomic mass is 16.4. The number of carboxylic acid groups (broad SMARTS) is 1. The van der Waals surface area contributed by atoms with E-state index in [0.29, 0.717) is 13.1 Å². The zero-order valence-corrected chi connectivity index (χ0v) is 13.2. The fourth-order valence-electron chi connectivity index (χ4n) is 2.02. The Balaban J connectivity index is 3.70. The Labute approximate surface area is 122 Å². The van der Waals surface area contributed by atoms with Crippen molar-refractivity contribution in [2.75, 3.05) is 19.6 Å². The molecule has 118 valence electrons. The smallest absolute Gasteiger partial charge is 0.323 e. The molecule has 2 amide bonds. The Morgan fingerprint density at radius 1 is 1.15 bits per heavy atom. The summed E-state index contributed by atoms with van der Waals surface area (Å²) in [6, 6.07) is -0.267. The van der Waals surface area contributed by atoms with Gasteiger partial charge in [0.05, 0.1) is 0 Å². The van der Waals surface area contributed by atoms with Crippen LogP contribution in [-0.4, -0.2) is 41.6 Å². The van der Waals surface area contributed by atoms with Crippen molar-refractivity contribution >= 4 is 12.0 Å². The number of rotatable bonds is 11. The van der Waals surface area contributed by atoms with Gasteiger partial charge in [-0.1, -0.05) is 46.5 Å². The number of nitrogens with one attached hydrogen (secondary N) is 1. The molecule has 0 radical (unpaired) electrons. The van der Waals surface area contributed by atoms with Gasteiger partial charge in [0.1, 0.15) is 6.54 Å². The van der Waals surface area contributed by atoms with Crippen LogP contribution in [-0.2, 0) is 4.79 Å². The minimum absolute atomic E-state index is 0.228. The van der Waals surface area contributed by atoms with Crippen molar-refractivity contribution in [3.8, 4) is 0 Å². The Hall–Kier alpha value is -1.26. The number of carbonyl (C=O) groups is 2. The van der Waals surface area contributed by atoms with E-state index in [4.69, 9.17) is 5.11 Å². The van der Waals surface area contributed by atoms with Crippen LogP contribution in [0.5, 0.6) is 0 Å². The molecule has 0 saturated heterocycles.